The number of benzene rings is 1. The largest absolute Gasteiger partial charge is 0.469 e. The van der Waals surface area contributed by atoms with Crippen LogP contribution in [0, 0.1) is 5.92 Å². The van der Waals surface area contributed by atoms with Crippen molar-refractivity contribution in [3.8, 4) is 0 Å². The lowest BCUT2D eigenvalue weighted by atomic mass is 10.0. The molecule has 3 amide bonds. The number of methoxy groups -OCH3 is 1. The van der Waals surface area contributed by atoms with Gasteiger partial charge in [-0.05, 0) is 18.4 Å². The van der Waals surface area contributed by atoms with E-state index in [1.54, 1.807) is 38.1 Å². The van der Waals surface area contributed by atoms with Gasteiger partial charge in [-0.1, -0.05) is 44.2 Å². The normalized spacial score (nSPS) is 13.4. The summed E-state index contributed by atoms with van der Waals surface area (Å²) in [5, 5.41) is 7.08. The summed E-state index contributed by atoms with van der Waals surface area (Å²) in [5.41, 5.74) is 0.762. The van der Waals surface area contributed by atoms with Crippen LogP contribution in [0.3, 0.4) is 0 Å². The number of nitrogens with one attached hydrogen (secondary N) is 3. The van der Waals surface area contributed by atoms with Gasteiger partial charge in [0.2, 0.25) is 11.8 Å². The summed E-state index contributed by atoms with van der Waals surface area (Å²) in [5.74, 6) is -3.70. The van der Waals surface area contributed by atoms with Gasteiger partial charge in [0, 0.05) is 0 Å². The zero-order valence-electron chi connectivity index (χ0n) is 19.1. The first kappa shape index (κ1) is 27.7. The van der Waals surface area contributed by atoms with E-state index in [-0.39, 0.29) is 12.5 Å². The summed E-state index contributed by atoms with van der Waals surface area (Å²) in [4.78, 5) is 60.3. The monoisotopic (exact) mass is 467 g/mol. The Morgan fingerprint density at radius 2 is 1.64 bits per heavy atom. The minimum absolute atomic E-state index is 0.00315. The third kappa shape index (κ3) is 9.77. The Morgan fingerprint density at radius 1 is 1.00 bits per heavy atom. The molecule has 0 aliphatic carbocycles. The van der Waals surface area contributed by atoms with Crippen molar-refractivity contribution in [3.63, 3.8) is 0 Å². The van der Waals surface area contributed by atoms with Crippen LogP contribution in [0.1, 0.15) is 32.8 Å². The third-order valence-electron chi connectivity index (χ3n) is 4.64. The van der Waals surface area contributed by atoms with Gasteiger partial charge >= 0.3 is 12.1 Å². The molecule has 0 spiro atoms. The van der Waals surface area contributed by atoms with E-state index in [1.807, 2.05) is 6.07 Å². The SMILES string of the molecule is COC(=O)C[C@H](N[C@@H](C)C(=O)NC(=O)[C@@H](NC(=O)OCc1ccccc1)C(C)C)C(=O)CF. The van der Waals surface area contributed by atoms with E-state index in [9.17, 15) is 28.4 Å². The number of ether oxygens (including phenoxy) is 2. The molecule has 0 saturated carbocycles. The first-order valence-corrected chi connectivity index (χ1v) is 10.3. The lowest BCUT2D eigenvalue weighted by Gasteiger charge is -2.23. The fourth-order valence-corrected chi connectivity index (χ4v) is 2.72. The van der Waals surface area contributed by atoms with E-state index in [2.05, 4.69) is 20.7 Å². The maximum Gasteiger partial charge on any atom is 0.408 e. The maximum absolute atomic E-state index is 12.8. The molecule has 1 aromatic carbocycles. The smallest absolute Gasteiger partial charge is 0.408 e. The van der Waals surface area contributed by atoms with Gasteiger partial charge in [0.05, 0.1) is 25.6 Å². The van der Waals surface area contributed by atoms with Crippen LogP contribution < -0.4 is 16.0 Å². The number of carbonyl (C=O) groups excluding carboxylic acids is 5. The highest BCUT2D eigenvalue weighted by Gasteiger charge is 2.30. The van der Waals surface area contributed by atoms with Crippen LogP contribution in [0.25, 0.3) is 0 Å². The Labute approximate surface area is 191 Å². The highest BCUT2D eigenvalue weighted by molar-refractivity contribution is 6.01. The summed E-state index contributed by atoms with van der Waals surface area (Å²) >= 11 is 0. The zero-order chi connectivity index (χ0) is 25.0. The van der Waals surface area contributed by atoms with Crippen molar-refractivity contribution in [1.29, 1.82) is 0 Å². The summed E-state index contributed by atoms with van der Waals surface area (Å²) in [6.07, 6.45) is -1.31. The minimum atomic E-state index is -1.34. The van der Waals surface area contributed by atoms with E-state index in [0.29, 0.717) is 0 Å². The van der Waals surface area contributed by atoms with Crippen molar-refractivity contribution in [2.45, 2.75) is 51.9 Å². The molecule has 0 bridgehead atoms. The second kappa shape index (κ2) is 13.9. The van der Waals surface area contributed by atoms with Crippen LogP contribution in [0.2, 0.25) is 0 Å². The van der Waals surface area contributed by atoms with Crippen LogP contribution in [0.15, 0.2) is 30.3 Å². The summed E-state index contributed by atoms with van der Waals surface area (Å²) in [6, 6.07) is 5.44. The molecule has 11 heteroatoms. The van der Waals surface area contributed by atoms with Crippen LogP contribution in [0.4, 0.5) is 9.18 Å². The number of amides is 3. The maximum atomic E-state index is 12.8. The lowest BCUT2D eigenvalue weighted by molar-refractivity contribution is -0.143. The number of ketones is 1. The number of alkyl halides is 1. The molecule has 182 valence electrons. The number of esters is 1. The average Bonchev–Trinajstić information content (AvgIpc) is 2.80. The topological polar surface area (TPSA) is 140 Å². The number of carbonyl (C=O) groups is 5. The Hall–Kier alpha value is -3.34. The Balaban J connectivity index is 2.68. The molecule has 0 radical (unpaired) electrons. The first-order chi connectivity index (χ1) is 15.6. The standard InChI is InChI=1S/C22H30FN3O7/c1-13(2)19(25-22(31)33-12-15-8-6-5-7-9-15)21(30)26-20(29)14(3)24-16(17(27)11-23)10-18(28)32-4/h5-9,13-14,16,19,24H,10-12H2,1-4H3,(H,25,31)(H,26,29,30)/t14-,16-,19-/m0/s1. The van der Waals surface area contributed by atoms with E-state index in [1.165, 1.54) is 6.92 Å². The summed E-state index contributed by atoms with van der Waals surface area (Å²) in [6.45, 7) is 3.33. The Morgan fingerprint density at radius 3 is 2.18 bits per heavy atom. The minimum Gasteiger partial charge on any atom is -0.469 e. The molecule has 0 aliphatic rings. The molecule has 1 aromatic rings. The molecule has 0 saturated heterocycles. The van der Waals surface area contributed by atoms with Gasteiger partial charge in [0.1, 0.15) is 19.3 Å². The molecule has 0 fully saturated rings. The number of imide groups is 1. The number of alkyl carbamates (subject to hydrolysis) is 1. The second-order valence-corrected chi connectivity index (χ2v) is 7.60. The Bertz CT molecular complexity index is 833. The molecule has 0 unspecified atom stereocenters. The highest BCUT2D eigenvalue weighted by atomic mass is 19.1. The molecular weight excluding hydrogens is 437 g/mol. The molecule has 0 aliphatic heterocycles. The van der Waals surface area contributed by atoms with E-state index in [0.717, 1.165) is 12.7 Å². The number of Topliss-reactive ketones (excluding diaryl/α,β-unsaturated/α-hetero) is 1. The van der Waals surface area contributed by atoms with E-state index >= 15 is 0 Å². The van der Waals surface area contributed by atoms with E-state index in [4.69, 9.17) is 4.74 Å². The van der Waals surface area contributed by atoms with Crippen molar-refractivity contribution >= 4 is 29.7 Å². The van der Waals surface area contributed by atoms with Gasteiger partial charge in [-0.15, -0.1) is 0 Å². The van der Waals surface area contributed by atoms with Gasteiger partial charge in [0.15, 0.2) is 5.78 Å². The van der Waals surface area contributed by atoms with Gasteiger partial charge in [0.25, 0.3) is 0 Å². The van der Waals surface area contributed by atoms with E-state index < -0.39 is 60.9 Å². The fraction of sp³-hybridized carbons (Fsp3) is 0.500. The van der Waals surface area contributed by atoms with Crippen molar-refractivity contribution in [3.05, 3.63) is 35.9 Å². The van der Waals surface area contributed by atoms with Crippen LogP contribution in [-0.4, -0.2) is 61.6 Å². The summed E-state index contributed by atoms with van der Waals surface area (Å²) in [7, 11) is 1.11. The number of rotatable bonds is 12. The number of hydrogen-bond acceptors (Lipinski definition) is 8. The lowest BCUT2D eigenvalue weighted by Crippen LogP contribution is -2.56. The van der Waals surface area contributed by atoms with Gasteiger partial charge in [-0.2, -0.15) is 0 Å². The van der Waals surface area contributed by atoms with Crippen LogP contribution >= 0.6 is 0 Å². The van der Waals surface area contributed by atoms with Crippen LogP contribution in [0.5, 0.6) is 0 Å². The number of hydrogen-bond donors (Lipinski definition) is 3. The second-order valence-electron chi connectivity index (χ2n) is 7.60. The zero-order valence-corrected chi connectivity index (χ0v) is 19.1. The third-order valence-corrected chi connectivity index (χ3v) is 4.64. The quantitative estimate of drug-likeness (QED) is 0.387. The molecule has 1 rings (SSSR count). The average molecular weight is 467 g/mol. The number of halogens is 1. The Kier molecular flexibility index (Phi) is 11.7. The molecule has 3 N–H and O–H groups in total. The van der Waals surface area contributed by atoms with Gasteiger partial charge in [-0.3, -0.25) is 29.8 Å². The molecular formula is C22H30FN3O7. The van der Waals surface area contributed by atoms with Crippen molar-refractivity contribution in [1.82, 2.24) is 16.0 Å². The van der Waals surface area contributed by atoms with Crippen molar-refractivity contribution in [2.24, 2.45) is 5.92 Å². The van der Waals surface area contributed by atoms with Crippen molar-refractivity contribution < 1.29 is 37.8 Å². The van der Waals surface area contributed by atoms with Crippen LogP contribution in [-0.2, 0) is 35.3 Å². The summed E-state index contributed by atoms with van der Waals surface area (Å²) < 4.78 is 22.4. The fourth-order valence-electron chi connectivity index (χ4n) is 2.72. The molecule has 0 heterocycles. The predicted octanol–water partition coefficient (Wildman–Crippen LogP) is 1.03. The van der Waals surface area contributed by atoms with Gasteiger partial charge < -0.3 is 14.8 Å². The van der Waals surface area contributed by atoms with Gasteiger partial charge in [-0.25, -0.2) is 9.18 Å². The van der Waals surface area contributed by atoms with Crippen molar-refractivity contribution in [2.75, 3.05) is 13.8 Å². The first-order valence-electron chi connectivity index (χ1n) is 10.3. The predicted molar refractivity (Wildman–Crippen MR) is 116 cm³/mol. The molecule has 0 aromatic heterocycles. The molecule has 3 atom stereocenters. The molecule has 33 heavy (non-hydrogen) atoms. The molecule has 10 nitrogen and oxygen atoms in total. The highest BCUT2D eigenvalue weighted by Crippen LogP contribution is 2.06.